The van der Waals surface area contributed by atoms with Gasteiger partial charge < -0.3 is 10.8 Å². The van der Waals surface area contributed by atoms with E-state index in [2.05, 4.69) is 16.7 Å². The Morgan fingerprint density at radius 1 is 1.38 bits per heavy atom. The second kappa shape index (κ2) is 7.17. The molecule has 4 nitrogen and oxygen atoms in total. The zero-order valence-corrected chi connectivity index (χ0v) is 10.9. The van der Waals surface area contributed by atoms with Crippen molar-refractivity contribution in [3.63, 3.8) is 0 Å². The van der Waals surface area contributed by atoms with E-state index in [-0.39, 0.29) is 6.61 Å². The van der Waals surface area contributed by atoms with Crippen molar-refractivity contribution in [3.05, 3.63) is 0 Å². The first kappa shape index (κ1) is 13.8. The molecule has 0 spiro atoms. The summed E-state index contributed by atoms with van der Waals surface area (Å²) in [4.78, 5) is 5.38. The maximum Gasteiger partial charge on any atom is 0.0743 e. The average molecular weight is 245 g/mol. The Morgan fingerprint density at radius 3 is 2.44 bits per heavy atom. The van der Waals surface area contributed by atoms with Crippen molar-refractivity contribution in [1.29, 1.82) is 0 Å². The molecular weight excluding hydrogens is 222 g/mol. The molecule has 0 bridgehead atoms. The van der Waals surface area contributed by atoms with E-state index in [0.717, 1.165) is 45.6 Å². The third-order valence-corrected chi connectivity index (χ3v) is 3.41. The highest BCUT2D eigenvalue weighted by atomic mass is 32.1. The van der Waals surface area contributed by atoms with Crippen molar-refractivity contribution in [2.75, 3.05) is 39.3 Å². The van der Waals surface area contributed by atoms with Crippen LogP contribution in [0.25, 0.3) is 0 Å². The van der Waals surface area contributed by atoms with Crippen molar-refractivity contribution in [2.45, 2.75) is 25.8 Å². The molecular formula is C11H23N3OS. The van der Waals surface area contributed by atoms with Crippen LogP contribution in [0.5, 0.6) is 0 Å². The maximum absolute atomic E-state index is 8.87. The predicted molar refractivity (Wildman–Crippen MR) is 70.6 cm³/mol. The van der Waals surface area contributed by atoms with Gasteiger partial charge in [0.1, 0.15) is 0 Å². The number of thiocarbonyl (C=S) groups is 1. The number of aliphatic hydroxyl groups excluding tert-OH is 1. The van der Waals surface area contributed by atoms with E-state index >= 15 is 0 Å². The topological polar surface area (TPSA) is 52.7 Å². The van der Waals surface area contributed by atoms with Crippen molar-refractivity contribution in [2.24, 2.45) is 5.73 Å². The molecule has 1 unspecified atom stereocenters. The van der Waals surface area contributed by atoms with Gasteiger partial charge in [0.15, 0.2) is 0 Å². The first-order valence-corrected chi connectivity index (χ1v) is 6.43. The lowest BCUT2D eigenvalue weighted by molar-refractivity contribution is 0.0842. The van der Waals surface area contributed by atoms with E-state index in [1.807, 2.05) is 0 Å². The van der Waals surface area contributed by atoms with E-state index in [1.54, 1.807) is 0 Å². The minimum atomic E-state index is 0.254. The van der Waals surface area contributed by atoms with Gasteiger partial charge in [0.05, 0.1) is 11.6 Å². The number of aliphatic hydroxyl groups is 1. The largest absolute Gasteiger partial charge is 0.395 e. The summed E-state index contributed by atoms with van der Waals surface area (Å²) < 4.78 is 0. The SMILES string of the molecule is CCC(CC(N)=S)N1CCN(CCO)CC1. The Kier molecular flexibility index (Phi) is 6.20. The zero-order valence-electron chi connectivity index (χ0n) is 10.1. The maximum atomic E-state index is 8.87. The number of nitrogens with two attached hydrogens (primary N) is 1. The van der Waals surface area contributed by atoms with Crippen molar-refractivity contribution in [3.8, 4) is 0 Å². The fourth-order valence-electron chi connectivity index (χ4n) is 2.26. The van der Waals surface area contributed by atoms with Gasteiger partial charge in [-0.15, -0.1) is 0 Å². The molecule has 0 aromatic carbocycles. The Balaban J connectivity index is 2.35. The third kappa shape index (κ3) is 4.33. The molecule has 1 rings (SSSR count). The molecule has 1 fully saturated rings. The summed E-state index contributed by atoms with van der Waals surface area (Å²) in [6, 6.07) is 0.494. The molecule has 3 N–H and O–H groups in total. The summed E-state index contributed by atoms with van der Waals surface area (Å²) in [5.74, 6) is 0. The standard InChI is InChI=1S/C11H23N3OS/c1-2-10(9-11(12)16)14-5-3-13(4-6-14)7-8-15/h10,15H,2-9H2,1H3,(H2,12,16). The Labute approximate surface area is 103 Å². The smallest absolute Gasteiger partial charge is 0.0743 e. The molecule has 0 radical (unpaired) electrons. The van der Waals surface area contributed by atoms with Gasteiger partial charge in [-0.3, -0.25) is 9.80 Å². The highest BCUT2D eigenvalue weighted by Crippen LogP contribution is 2.12. The van der Waals surface area contributed by atoms with Crippen LogP contribution < -0.4 is 5.73 Å². The van der Waals surface area contributed by atoms with E-state index in [4.69, 9.17) is 23.1 Å². The van der Waals surface area contributed by atoms with Crippen LogP contribution in [0.15, 0.2) is 0 Å². The molecule has 0 aliphatic carbocycles. The van der Waals surface area contributed by atoms with Crippen molar-refractivity contribution in [1.82, 2.24) is 9.80 Å². The number of β-amino-alcohol motifs (C(OH)–C–C–N with tert-alkyl or cyclic N) is 1. The summed E-state index contributed by atoms with van der Waals surface area (Å²) in [5, 5.41) is 8.87. The lowest BCUT2D eigenvalue weighted by Crippen LogP contribution is -2.51. The van der Waals surface area contributed by atoms with E-state index in [9.17, 15) is 0 Å². The monoisotopic (exact) mass is 245 g/mol. The number of nitrogens with zero attached hydrogens (tertiary/aromatic N) is 2. The van der Waals surface area contributed by atoms with Crippen LogP contribution in [0.4, 0.5) is 0 Å². The highest BCUT2D eigenvalue weighted by molar-refractivity contribution is 7.80. The molecule has 94 valence electrons. The molecule has 5 heteroatoms. The van der Waals surface area contributed by atoms with Crippen LogP contribution in [-0.2, 0) is 0 Å². The molecule has 1 heterocycles. The van der Waals surface area contributed by atoms with Gasteiger partial charge in [-0.1, -0.05) is 19.1 Å². The van der Waals surface area contributed by atoms with Crippen molar-refractivity contribution < 1.29 is 5.11 Å². The molecule has 1 atom stereocenters. The second-order valence-corrected chi connectivity index (χ2v) is 4.86. The van der Waals surface area contributed by atoms with Crippen LogP contribution in [0.3, 0.4) is 0 Å². The Morgan fingerprint density at radius 2 is 2.00 bits per heavy atom. The van der Waals surface area contributed by atoms with E-state index in [1.165, 1.54) is 0 Å². The fourth-order valence-corrected chi connectivity index (χ4v) is 2.45. The summed E-state index contributed by atoms with van der Waals surface area (Å²) in [7, 11) is 0. The average Bonchev–Trinajstić information content (AvgIpc) is 2.27. The molecule has 0 saturated carbocycles. The van der Waals surface area contributed by atoms with Gasteiger partial charge in [-0.25, -0.2) is 0 Å². The van der Waals surface area contributed by atoms with Gasteiger partial charge in [-0.2, -0.15) is 0 Å². The third-order valence-electron chi connectivity index (χ3n) is 3.25. The summed E-state index contributed by atoms with van der Waals surface area (Å²) >= 11 is 4.98. The second-order valence-electron chi connectivity index (χ2n) is 4.33. The van der Waals surface area contributed by atoms with E-state index < -0.39 is 0 Å². The first-order valence-electron chi connectivity index (χ1n) is 6.03. The minimum absolute atomic E-state index is 0.254. The van der Waals surface area contributed by atoms with Crippen LogP contribution in [0, 0.1) is 0 Å². The molecule has 1 aliphatic heterocycles. The predicted octanol–water partition coefficient (Wildman–Crippen LogP) is 0.0511. The normalized spacial score (nSPS) is 20.9. The Bertz CT molecular complexity index is 217. The van der Waals surface area contributed by atoms with Gasteiger partial charge >= 0.3 is 0 Å². The van der Waals surface area contributed by atoms with E-state index in [0.29, 0.717) is 11.0 Å². The molecule has 0 aromatic rings. The summed E-state index contributed by atoms with van der Waals surface area (Å²) in [5.41, 5.74) is 5.61. The molecule has 16 heavy (non-hydrogen) atoms. The number of hydrogen-bond acceptors (Lipinski definition) is 4. The highest BCUT2D eigenvalue weighted by Gasteiger charge is 2.22. The van der Waals surface area contributed by atoms with Crippen molar-refractivity contribution >= 4 is 17.2 Å². The van der Waals surface area contributed by atoms with Crippen LogP contribution in [0.1, 0.15) is 19.8 Å². The number of hydrogen-bond donors (Lipinski definition) is 2. The van der Waals surface area contributed by atoms with Crippen LogP contribution in [0.2, 0.25) is 0 Å². The molecule has 1 aliphatic rings. The van der Waals surface area contributed by atoms with Gasteiger partial charge in [-0.05, 0) is 6.42 Å². The molecule has 0 amide bonds. The molecule has 1 saturated heterocycles. The van der Waals surface area contributed by atoms with Crippen LogP contribution >= 0.6 is 12.2 Å². The lowest BCUT2D eigenvalue weighted by Gasteiger charge is -2.38. The van der Waals surface area contributed by atoms with Gasteiger partial charge in [0.25, 0.3) is 0 Å². The number of rotatable bonds is 6. The van der Waals surface area contributed by atoms with Gasteiger partial charge in [0, 0.05) is 45.2 Å². The quantitative estimate of drug-likeness (QED) is 0.648. The van der Waals surface area contributed by atoms with Gasteiger partial charge in [0.2, 0.25) is 0 Å². The first-order chi connectivity index (χ1) is 7.67. The Hall–Kier alpha value is -0.230. The number of piperazine rings is 1. The summed E-state index contributed by atoms with van der Waals surface area (Å²) in [6.45, 7) is 7.41. The fraction of sp³-hybridized carbons (Fsp3) is 0.909. The molecule has 0 aromatic heterocycles. The zero-order chi connectivity index (χ0) is 12.0. The minimum Gasteiger partial charge on any atom is -0.395 e. The summed E-state index contributed by atoms with van der Waals surface area (Å²) in [6.07, 6.45) is 1.92. The lowest BCUT2D eigenvalue weighted by atomic mass is 10.1. The van der Waals surface area contributed by atoms with Crippen LogP contribution in [-0.4, -0.2) is 65.3 Å².